The van der Waals surface area contributed by atoms with Gasteiger partial charge in [0.1, 0.15) is 0 Å². The molecule has 0 aromatic carbocycles. The highest BCUT2D eigenvalue weighted by atomic mass is 15.3. The van der Waals surface area contributed by atoms with Gasteiger partial charge in [-0.1, -0.05) is 13.8 Å². The molecule has 2 rings (SSSR count). The van der Waals surface area contributed by atoms with Crippen molar-refractivity contribution in [3.05, 3.63) is 18.0 Å². The number of hydrogen-bond acceptors (Lipinski definition) is 4. The fourth-order valence-corrected chi connectivity index (χ4v) is 3.18. The van der Waals surface area contributed by atoms with Crippen LogP contribution in [0.5, 0.6) is 0 Å². The minimum Gasteiger partial charge on any atom is -0.326 e. The summed E-state index contributed by atoms with van der Waals surface area (Å²) < 4.78 is 1.86. The second-order valence-corrected chi connectivity index (χ2v) is 6.48. The fraction of sp³-hybridized carbons (Fsp3) is 0.800. The van der Waals surface area contributed by atoms with E-state index in [1.807, 2.05) is 17.9 Å². The molecule has 0 amide bonds. The first-order chi connectivity index (χ1) is 9.47. The van der Waals surface area contributed by atoms with E-state index < -0.39 is 0 Å². The molecule has 0 spiro atoms. The summed E-state index contributed by atoms with van der Waals surface area (Å²) >= 11 is 0. The molecule has 1 fully saturated rings. The topological polar surface area (TPSA) is 50.3 Å². The van der Waals surface area contributed by atoms with Gasteiger partial charge < -0.3 is 10.6 Å². The summed E-state index contributed by atoms with van der Waals surface area (Å²) in [6.45, 7) is 12.3. The molecular formula is C15H29N5. The highest BCUT2D eigenvalue weighted by Gasteiger charge is 2.28. The third kappa shape index (κ3) is 3.81. The van der Waals surface area contributed by atoms with Crippen LogP contribution in [0, 0.1) is 5.92 Å². The minimum atomic E-state index is 0.121. The Morgan fingerprint density at radius 2 is 1.85 bits per heavy atom. The molecule has 5 heteroatoms. The summed E-state index contributed by atoms with van der Waals surface area (Å²) in [6.07, 6.45) is 4.04. The number of nitrogens with zero attached hydrogens (tertiary/aromatic N) is 4. The summed E-state index contributed by atoms with van der Waals surface area (Å²) in [5.41, 5.74) is 7.47. The zero-order valence-corrected chi connectivity index (χ0v) is 13.3. The first-order valence-corrected chi connectivity index (χ1v) is 7.68. The summed E-state index contributed by atoms with van der Waals surface area (Å²) in [7, 11) is 1.96. The van der Waals surface area contributed by atoms with E-state index in [4.69, 9.17) is 5.73 Å². The Hall–Kier alpha value is -0.910. The Kier molecular flexibility index (Phi) is 5.18. The zero-order valence-electron chi connectivity index (χ0n) is 13.3. The first kappa shape index (κ1) is 15.5. The molecule has 5 nitrogen and oxygen atoms in total. The summed E-state index contributed by atoms with van der Waals surface area (Å²) in [6, 6.07) is 0.403. The lowest BCUT2D eigenvalue weighted by atomic mass is 10.0. The minimum absolute atomic E-state index is 0.121. The number of aryl methyl sites for hydroxylation is 1. The van der Waals surface area contributed by atoms with Crippen molar-refractivity contribution in [3.8, 4) is 0 Å². The molecule has 1 aromatic heterocycles. The number of hydrogen-bond donors (Lipinski definition) is 1. The molecule has 0 saturated carbocycles. The summed E-state index contributed by atoms with van der Waals surface area (Å²) in [5, 5.41) is 4.29. The van der Waals surface area contributed by atoms with Crippen LogP contribution in [-0.4, -0.2) is 58.3 Å². The molecule has 2 N–H and O–H groups in total. The van der Waals surface area contributed by atoms with Crippen molar-refractivity contribution in [2.75, 3.05) is 32.7 Å². The van der Waals surface area contributed by atoms with Crippen molar-refractivity contribution in [3.63, 3.8) is 0 Å². The quantitative estimate of drug-likeness (QED) is 0.876. The molecular weight excluding hydrogens is 250 g/mol. The van der Waals surface area contributed by atoms with E-state index in [0.717, 1.165) is 32.1 Å². The predicted molar refractivity (Wildman–Crippen MR) is 82.4 cm³/mol. The average molecular weight is 279 g/mol. The van der Waals surface area contributed by atoms with Gasteiger partial charge in [0.25, 0.3) is 0 Å². The van der Waals surface area contributed by atoms with Crippen molar-refractivity contribution < 1.29 is 0 Å². The molecule has 20 heavy (non-hydrogen) atoms. The van der Waals surface area contributed by atoms with Crippen molar-refractivity contribution >= 4 is 0 Å². The normalized spacial score (nSPS) is 21.3. The van der Waals surface area contributed by atoms with Crippen LogP contribution in [0.1, 0.15) is 32.4 Å². The van der Waals surface area contributed by atoms with E-state index in [-0.39, 0.29) is 12.1 Å². The van der Waals surface area contributed by atoms with Gasteiger partial charge in [0.05, 0.1) is 12.2 Å². The van der Waals surface area contributed by atoms with Gasteiger partial charge in [-0.2, -0.15) is 5.10 Å². The van der Waals surface area contributed by atoms with E-state index >= 15 is 0 Å². The lowest BCUT2D eigenvalue weighted by Crippen LogP contribution is -2.51. The number of aromatic nitrogens is 2. The maximum Gasteiger partial charge on any atom is 0.0538 e. The van der Waals surface area contributed by atoms with Crippen LogP contribution in [0.25, 0.3) is 0 Å². The summed E-state index contributed by atoms with van der Waals surface area (Å²) in [5.74, 6) is 0.740. The van der Waals surface area contributed by atoms with Crippen LogP contribution in [0.2, 0.25) is 0 Å². The third-order valence-corrected chi connectivity index (χ3v) is 3.99. The van der Waals surface area contributed by atoms with Gasteiger partial charge in [0.2, 0.25) is 0 Å². The molecule has 1 aliphatic heterocycles. The van der Waals surface area contributed by atoms with Gasteiger partial charge in [-0.3, -0.25) is 9.58 Å². The first-order valence-electron chi connectivity index (χ1n) is 7.68. The Bertz CT molecular complexity index is 404. The lowest BCUT2D eigenvalue weighted by molar-refractivity contribution is 0.0804. The number of nitrogens with two attached hydrogens (primary N) is 1. The molecule has 1 aliphatic rings. The highest BCUT2D eigenvalue weighted by Crippen LogP contribution is 2.24. The van der Waals surface area contributed by atoms with E-state index in [2.05, 4.69) is 41.9 Å². The molecule has 114 valence electrons. The van der Waals surface area contributed by atoms with Gasteiger partial charge in [-0.25, -0.2) is 0 Å². The number of rotatable bonds is 5. The molecule has 1 aromatic rings. The van der Waals surface area contributed by atoms with Crippen LogP contribution < -0.4 is 5.73 Å². The van der Waals surface area contributed by atoms with Crippen LogP contribution >= 0.6 is 0 Å². The molecule has 2 atom stereocenters. The van der Waals surface area contributed by atoms with E-state index in [1.54, 1.807) is 0 Å². The zero-order chi connectivity index (χ0) is 14.7. The fourth-order valence-electron chi connectivity index (χ4n) is 3.18. The van der Waals surface area contributed by atoms with Gasteiger partial charge in [0.15, 0.2) is 0 Å². The lowest BCUT2D eigenvalue weighted by Gasteiger charge is -2.41. The van der Waals surface area contributed by atoms with Crippen molar-refractivity contribution in [1.82, 2.24) is 19.6 Å². The van der Waals surface area contributed by atoms with Crippen LogP contribution in [-0.2, 0) is 7.05 Å². The van der Waals surface area contributed by atoms with E-state index in [9.17, 15) is 0 Å². The third-order valence-electron chi connectivity index (χ3n) is 3.99. The van der Waals surface area contributed by atoms with Crippen LogP contribution in [0.15, 0.2) is 12.4 Å². The number of piperazine rings is 1. The standard InChI is InChI=1S/C15H29N5/c1-12(2)10-19-5-7-20(8-6-19)15(13(3)16)14-9-17-18(4)11-14/h9,11-13,15H,5-8,10,16H2,1-4H3. The molecule has 0 radical (unpaired) electrons. The second-order valence-electron chi connectivity index (χ2n) is 6.48. The largest absolute Gasteiger partial charge is 0.326 e. The van der Waals surface area contributed by atoms with Crippen molar-refractivity contribution in [2.45, 2.75) is 32.9 Å². The average Bonchev–Trinajstić information content (AvgIpc) is 2.77. The highest BCUT2D eigenvalue weighted by molar-refractivity contribution is 5.13. The second kappa shape index (κ2) is 6.70. The maximum atomic E-state index is 6.23. The van der Waals surface area contributed by atoms with Gasteiger partial charge >= 0.3 is 0 Å². The molecule has 1 saturated heterocycles. The van der Waals surface area contributed by atoms with Crippen molar-refractivity contribution in [1.29, 1.82) is 0 Å². The van der Waals surface area contributed by atoms with Crippen LogP contribution in [0.4, 0.5) is 0 Å². The predicted octanol–water partition coefficient (Wildman–Crippen LogP) is 1.08. The Balaban J connectivity index is 1.99. The van der Waals surface area contributed by atoms with E-state index in [1.165, 1.54) is 12.1 Å². The Labute approximate surface area is 122 Å². The molecule has 2 unspecified atom stereocenters. The summed E-state index contributed by atoms with van der Waals surface area (Å²) in [4.78, 5) is 5.07. The smallest absolute Gasteiger partial charge is 0.0538 e. The molecule has 0 bridgehead atoms. The van der Waals surface area contributed by atoms with E-state index in [0.29, 0.717) is 0 Å². The van der Waals surface area contributed by atoms with Crippen LogP contribution in [0.3, 0.4) is 0 Å². The van der Waals surface area contributed by atoms with Gasteiger partial charge in [-0.15, -0.1) is 0 Å². The Morgan fingerprint density at radius 3 is 2.30 bits per heavy atom. The van der Waals surface area contributed by atoms with Gasteiger partial charge in [0, 0.05) is 57.6 Å². The molecule has 2 heterocycles. The maximum absolute atomic E-state index is 6.23. The van der Waals surface area contributed by atoms with Crippen molar-refractivity contribution in [2.24, 2.45) is 18.7 Å². The van der Waals surface area contributed by atoms with Gasteiger partial charge in [-0.05, 0) is 12.8 Å². The SMILES string of the molecule is CC(C)CN1CCN(C(c2cnn(C)c2)C(C)N)CC1. The molecule has 0 aliphatic carbocycles. The Morgan fingerprint density at radius 1 is 1.20 bits per heavy atom. The monoisotopic (exact) mass is 279 g/mol.